The highest BCUT2D eigenvalue weighted by Gasteiger charge is 2.23. The Morgan fingerprint density at radius 3 is 3.18 bits per heavy atom. The highest BCUT2D eigenvalue weighted by atomic mass is 32.1. The van der Waals surface area contributed by atoms with Crippen LogP contribution in [0.15, 0.2) is 23.8 Å². The van der Waals surface area contributed by atoms with Gasteiger partial charge in [-0.1, -0.05) is 6.42 Å². The molecule has 3 rings (SSSR count). The van der Waals surface area contributed by atoms with Gasteiger partial charge in [-0.15, -0.1) is 11.3 Å². The fourth-order valence-electron chi connectivity index (χ4n) is 2.89. The Kier molecular flexibility index (Phi) is 4.84. The zero-order chi connectivity index (χ0) is 15.4. The summed E-state index contributed by atoms with van der Waals surface area (Å²) < 4.78 is 2.01. The van der Waals surface area contributed by atoms with E-state index in [1.807, 2.05) is 28.5 Å². The summed E-state index contributed by atoms with van der Waals surface area (Å²) in [4.78, 5) is 18.1. The number of amides is 1. The third-order valence-electron chi connectivity index (χ3n) is 3.91. The van der Waals surface area contributed by atoms with Gasteiger partial charge < -0.3 is 5.32 Å². The second-order valence-corrected chi connectivity index (χ2v) is 6.53. The van der Waals surface area contributed by atoms with Gasteiger partial charge in [0.05, 0.1) is 12.2 Å². The van der Waals surface area contributed by atoms with Crippen LogP contribution in [0.5, 0.6) is 0 Å². The van der Waals surface area contributed by atoms with E-state index in [2.05, 4.69) is 20.3 Å². The van der Waals surface area contributed by atoms with Crippen LogP contribution >= 0.6 is 11.3 Å². The summed E-state index contributed by atoms with van der Waals surface area (Å²) in [7, 11) is 0. The first-order valence-corrected chi connectivity index (χ1v) is 8.52. The number of piperidine rings is 1. The second-order valence-electron chi connectivity index (χ2n) is 5.67. The lowest BCUT2D eigenvalue weighted by atomic mass is 10.0. The van der Waals surface area contributed by atoms with E-state index in [0.29, 0.717) is 11.2 Å². The van der Waals surface area contributed by atoms with Gasteiger partial charge in [-0.2, -0.15) is 5.10 Å². The van der Waals surface area contributed by atoms with E-state index in [9.17, 15) is 4.79 Å². The topological polar surface area (TPSA) is 63.1 Å². The van der Waals surface area contributed by atoms with Crippen LogP contribution in [0.25, 0.3) is 0 Å². The van der Waals surface area contributed by atoms with Crippen molar-refractivity contribution >= 4 is 22.4 Å². The molecule has 2 aromatic heterocycles. The van der Waals surface area contributed by atoms with Crippen molar-refractivity contribution < 1.29 is 4.79 Å². The van der Waals surface area contributed by atoms with Crippen molar-refractivity contribution in [2.24, 2.45) is 0 Å². The molecule has 0 aliphatic carbocycles. The van der Waals surface area contributed by atoms with Crippen LogP contribution in [-0.4, -0.2) is 38.2 Å². The molecule has 1 atom stereocenters. The van der Waals surface area contributed by atoms with Gasteiger partial charge in [0, 0.05) is 37.3 Å². The lowest BCUT2D eigenvalue weighted by molar-refractivity contribution is -0.114. The van der Waals surface area contributed by atoms with Gasteiger partial charge in [0.2, 0.25) is 5.91 Å². The molecule has 0 unspecified atom stereocenters. The van der Waals surface area contributed by atoms with E-state index in [1.165, 1.54) is 37.5 Å². The summed E-state index contributed by atoms with van der Waals surface area (Å²) in [5, 5.41) is 9.78. The number of carbonyl (C=O) groups is 1. The number of carbonyl (C=O) groups excluding carboxylic acids is 1. The predicted molar refractivity (Wildman–Crippen MR) is 86.7 cm³/mol. The average molecular weight is 319 g/mol. The molecule has 118 valence electrons. The molecule has 2 aromatic rings. The maximum Gasteiger partial charge on any atom is 0.223 e. The molecule has 7 heteroatoms. The molecule has 1 N–H and O–H groups in total. The third-order valence-corrected chi connectivity index (χ3v) is 4.71. The van der Waals surface area contributed by atoms with Crippen molar-refractivity contribution in [2.45, 2.75) is 45.3 Å². The number of nitrogens with one attached hydrogen (secondary N) is 1. The first kappa shape index (κ1) is 15.2. The van der Waals surface area contributed by atoms with Gasteiger partial charge in [0.1, 0.15) is 0 Å². The number of aromatic nitrogens is 3. The Morgan fingerprint density at radius 2 is 2.41 bits per heavy atom. The number of hydrogen-bond donors (Lipinski definition) is 1. The normalized spacial score (nSPS) is 19.2. The van der Waals surface area contributed by atoms with Crippen LogP contribution in [0.4, 0.5) is 5.13 Å². The van der Waals surface area contributed by atoms with Crippen molar-refractivity contribution in [3.8, 4) is 0 Å². The Morgan fingerprint density at radius 1 is 1.50 bits per heavy atom. The Hall–Kier alpha value is -1.73. The van der Waals surface area contributed by atoms with E-state index in [0.717, 1.165) is 25.3 Å². The van der Waals surface area contributed by atoms with Crippen molar-refractivity contribution in [3.63, 3.8) is 0 Å². The zero-order valence-electron chi connectivity index (χ0n) is 12.7. The lowest BCUT2D eigenvalue weighted by Crippen LogP contribution is -2.41. The number of likely N-dealkylation sites (tertiary alicyclic amines) is 1. The van der Waals surface area contributed by atoms with E-state index >= 15 is 0 Å². The summed E-state index contributed by atoms with van der Waals surface area (Å²) in [5.74, 6) is -0.0737. The maximum atomic E-state index is 11.1. The Balaban J connectivity index is 1.63. The molecule has 1 amide bonds. The number of anilines is 1. The average Bonchev–Trinajstić information content (AvgIpc) is 3.13. The van der Waals surface area contributed by atoms with Crippen molar-refractivity contribution in [1.29, 1.82) is 0 Å². The summed E-state index contributed by atoms with van der Waals surface area (Å²) in [6.45, 7) is 4.36. The summed E-state index contributed by atoms with van der Waals surface area (Å²) in [5.41, 5.74) is 1.03. The van der Waals surface area contributed by atoms with Crippen molar-refractivity contribution in [2.75, 3.05) is 11.9 Å². The van der Waals surface area contributed by atoms with Crippen LogP contribution in [-0.2, 0) is 17.9 Å². The summed E-state index contributed by atoms with van der Waals surface area (Å²) in [6, 6.07) is 2.47. The minimum Gasteiger partial charge on any atom is -0.302 e. The Bertz CT molecular complexity index is 609. The summed E-state index contributed by atoms with van der Waals surface area (Å²) >= 11 is 1.49. The summed E-state index contributed by atoms with van der Waals surface area (Å²) in [6.07, 6.45) is 7.55. The molecule has 6 nitrogen and oxygen atoms in total. The molecule has 3 heterocycles. The van der Waals surface area contributed by atoms with E-state index in [-0.39, 0.29) is 5.91 Å². The van der Waals surface area contributed by atoms with E-state index < -0.39 is 0 Å². The lowest BCUT2D eigenvalue weighted by Gasteiger charge is -2.35. The fraction of sp³-hybridized carbons (Fsp3) is 0.533. The maximum absolute atomic E-state index is 11.1. The van der Waals surface area contributed by atoms with Crippen LogP contribution < -0.4 is 5.32 Å². The number of thiazole rings is 1. The highest BCUT2D eigenvalue weighted by Crippen LogP contribution is 2.23. The van der Waals surface area contributed by atoms with E-state index in [4.69, 9.17) is 0 Å². The largest absolute Gasteiger partial charge is 0.302 e. The quantitative estimate of drug-likeness (QED) is 0.919. The van der Waals surface area contributed by atoms with Gasteiger partial charge in [-0.25, -0.2) is 4.98 Å². The molecular weight excluding hydrogens is 298 g/mol. The number of hydrogen-bond acceptors (Lipinski definition) is 5. The molecule has 1 saturated heterocycles. The molecule has 1 fully saturated rings. The van der Waals surface area contributed by atoms with Crippen molar-refractivity contribution in [3.05, 3.63) is 29.5 Å². The monoisotopic (exact) mass is 319 g/mol. The minimum atomic E-state index is -0.0737. The molecular formula is C15H21N5OS. The van der Waals surface area contributed by atoms with Gasteiger partial charge in [0.15, 0.2) is 5.13 Å². The molecule has 22 heavy (non-hydrogen) atoms. The molecule has 0 aromatic carbocycles. The van der Waals surface area contributed by atoms with Gasteiger partial charge >= 0.3 is 0 Å². The van der Waals surface area contributed by atoms with Gasteiger partial charge in [-0.3, -0.25) is 14.4 Å². The van der Waals surface area contributed by atoms with Gasteiger partial charge in [0.25, 0.3) is 0 Å². The first-order chi connectivity index (χ1) is 10.7. The molecule has 1 aliphatic heterocycles. The predicted octanol–water partition coefficient (Wildman–Crippen LogP) is 2.35. The van der Waals surface area contributed by atoms with Crippen LogP contribution in [0, 0.1) is 0 Å². The molecule has 1 aliphatic rings. The Labute approximate surface area is 134 Å². The van der Waals surface area contributed by atoms with Crippen LogP contribution in [0.3, 0.4) is 0 Å². The highest BCUT2D eigenvalue weighted by molar-refractivity contribution is 7.13. The third kappa shape index (κ3) is 3.92. The van der Waals surface area contributed by atoms with Crippen molar-refractivity contribution in [1.82, 2.24) is 19.7 Å². The smallest absolute Gasteiger partial charge is 0.223 e. The standard InChI is InChI=1S/C15H21N5OS/c1-12(21)17-15-18-13(11-22-15)9-19-7-3-2-5-14(19)10-20-8-4-6-16-20/h4,6,8,11,14H,2-3,5,7,9-10H2,1H3,(H,17,18,21)/t14-/m0/s1. The minimum absolute atomic E-state index is 0.0737. The first-order valence-electron chi connectivity index (χ1n) is 7.64. The molecule has 0 bridgehead atoms. The van der Waals surface area contributed by atoms with Gasteiger partial charge in [-0.05, 0) is 25.5 Å². The number of nitrogens with zero attached hydrogens (tertiary/aromatic N) is 4. The zero-order valence-corrected chi connectivity index (χ0v) is 13.6. The molecule has 0 saturated carbocycles. The fourth-order valence-corrected chi connectivity index (χ4v) is 3.64. The molecule has 0 spiro atoms. The second kappa shape index (κ2) is 7.02. The number of rotatable bonds is 5. The van der Waals surface area contributed by atoms with Crippen LogP contribution in [0.2, 0.25) is 0 Å². The SMILES string of the molecule is CC(=O)Nc1nc(CN2CCCC[C@H]2Cn2cccn2)cs1. The van der Waals surface area contributed by atoms with E-state index in [1.54, 1.807) is 0 Å². The molecule has 0 radical (unpaired) electrons. The van der Waals surface area contributed by atoms with Crippen LogP contribution in [0.1, 0.15) is 31.9 Å².